The summed E-state index contributed by atoms with van der Waals surface area (Å²) in [4.78, 5) is 23.5. The zero-order chi connectivity index (χ0) is 13.8. The van der Waals surface area contributed by atoms with Crippen molar-refractivity contribution in [2.75, 3.05) is 13.2 Å². The first-order chi connectivity index (χ1) is 8.33. The van der Waals surface area contributed by atoms with Crippen molar-refractivity contribution in [3.05, 3.63) is 0 Å². The van der Waals surface area contributed by atoms with Crippen LogP contribution in [-0.2, 0) is 14.3 Å². The average Bonchev–Trinajstić information content (AvgIpc) is 3.03. The van der Waals surface area contributed by atoms with Gasteiger partial charge in [-0.05, 0) is 46.5 Å². The number of amides is 1. The lowest BCUT2D eigenvalue weighted by Gasteiger charge is -2.23. The van der Waals surface area contributed by atoms with E-state index >= 15 is 0 Å². The van der Waals surface area contributed by atoms with E-state index in [9.17, 15) is 9.59 Å². The first kappa shape index (κ1) is 15.0. The summed E-state index contributed by atoms with van der Waals surface area (Å²) in [5.41, 5.74) is -0.554. The van der Waals surface area contributed by atoms with Crippen molar-refractivity contribution in [2.24, 2.45) is 5.92 Å². The van der Waals surface area contributed by atoms with Gasteiger partial charge in [0.2, 0.25) is 0 Å². The smallest absolute Gasteiger partial charge is 0.408 e. The van der Waals surface area contributed by atoms with Crippen molar-refractivity contribution in [1.82, 2.24) is 5.32 Å². The van der Waals surface area contributed by atoms with Gasteiger partial charge in [-0.2, -0.15) is 0 Å². The highest BCUT2D eigenvalue weighted by molar-refractivity contribution is 5.89. The maximum atomic E-state index is 11.9. The zero-order valence-corrected chi connectivity index (χ0v) is 11.6. The van der Waals surface area contributed by atoms with Crippen LogP contribution in [0.2, 0.25) is 0 Å². The number of carbonyl (C=O) groups is 2. The topological polar surface area (TPSA) is 64.6 Å². The Morgan fingerprint density at radius 1 is 1.33 bits per heavy atom. The van der Waals surface area contributed by atoms with Gasteiger partial charge in [-0.1, -0.05) is 0 Å². The van der Waals surface area contributed by atoms with Gasteiger partial charge >= 0.3 is 6.09 Å². The normalized spacial score (nSPS) is 17.1. The molecule has 1 atom stereocenters. The maximum absolute atomic E-state index is 11.9. The molecule has 0 spiro atoms. The summed E-state index contributed by atoms with van der Waals surface area (Å²) in [7, 11) is 0. The van der Waals surface area contributed by atoms with Crippen molar-refractivity contribution in [3.63, 3.8) is 0 Å². The van der Waals surface area contributed by atoms with E-state index in [1.807, 2.05) is 6.92 Å². The van der Waals surface area contributed by atoms with Crippen LogP contribution in [0.3, 0.4) is 0 Å². The van der Waals surface area contributed by atoms with Gasteiger partial charge in [0.15, 0.2) is 5.78 Å². The number of hydrogen-bond donors (Lipinski definition) is 1. The van der Waals surface area contributed by atoms with E-state index in [0.717, 1.165) is 12.8 Å². The lowest BCUT2D eigenvalue weighted by molar-refractivity contribution is -0.126. The van der Waals surface area contributed by atoms with Crippen LogP contribution in [0.15, 0.2) is 0 Å². The van der Waals surface area contributed by atoms with Crippen LogP contribution >= 0.6 is 0 Å². The highest BCUT2D eigenvalue weighted by atomic mass is 16.6. The molecular weight excluding hydrogens is 234 g/mol. The first-order valence-corrected chi connectivity index (χ1v) is 6.43. The van der Waals surface area contributed by atoms with Crippen LogP contribution in [0.4, 0.5) is 4.79 Å². The number of hydrogen-bond acceptors (Lipinski definition) is 4. The highest BCUT2D eigenvalue weighted by Gasteiger charge is 2.37. The minimum Gasteiger partial charge on any atom is -0.444 e. The average molecular weight is 257 g/mol. The molecule has 5 nitrogen and oxygen atoms in total. The minimum absolute atomic E-state index is 0.0491. The van der Waals surface area contributed by atoms with E-state index in [1.165, 1.54) is 0 Å². The summed E-state index contributed by atoms with van der Waals surface area (Å²) in [5.74, 6) is 0.163. The van der Waals surface area contributed by atoms with Crippen molar-refractivity contribution in [3.8, 4) is 0 Å². The Morgan fingerprint density at radius 3 is 2.39 bits per heavy atom. The molecule has 1 rings (SSSR count). The largest absolute Gasteiger partial charge is 0.444 e. The number of nitrogens with one attached hydrogen (secondary N) is 1. The van der Waals surface area contributed by atoms with Crippen molar-refractivity contribution in [2.45, 2.75) is 52.2 Å². The zero-order valence-electron chi connectivity index (χ0n) is 11.6. The molecule has 1 unspecified atom stereocenters. The fourth-order valence-corrected chi connectivity index (χ4v) is 1.62. The van der Waals surface area contributed by atoms with E-state index in [4.69, 9.17) is 9.47 Å². The van der Waals surface area contributed by atoms with Gasteiger partial charge in [0.1, 0.15) is 12.2 Å². The fraction of sp³-hybridized carbons (Fsp3) is 0.846. The van der Waals surface area contributed by atoms with Gasteiger partial charge in [0, 0.05) is 6.61 Å². The molecule has 1 fully saturated rings. The Balaban J connectivity index is 2.47. The minimum atomic E-state index is -0.554. The Labute approximate surface area is 108 Å². The van der Waals surface area contributed by atoms with E-state index in [1.54, 1.807) is 20.8 Å². The molecule has 0 radical (unpaired) electrons. The second-order valence-electron chi connectivity index (χ2n) is 5.56. The third-order valence-electron chi connectivity index (χ3n) is 2.56. The molecule has 5 heteroatoms. The third-order valence-corrected chi connectivity index (χ3v) is 2.56. The van der Waals surface area contributed by atoms with Gasteiger partial charge in [0.25, 0.3) is 0 Å². The second kappa shape index (κ2) is 6.18. The van der Waals surface area contributed by atoms with Crippen LogP contribution in [0.1, 0.15) is 40.5 Å². The van der Waals surface area contributed by atoms with Gasteiger partial charge in [-0.15, -0.1) is 0 Å². The Morgan fingerprint density at radius 2 is 1.94 bits per heavy atom. The predicted octanol–water partition coefficient (Wildman–Crippen LogP) is 1.90. The van der Waals surface area contributed by atoms with Gasteiger partial charge < -0.3 is 14.8 Å². The molecule has 104 valence electrons. The number of Topliss-reactive ketones (excluding diaryl/α,β-unsaturated/α-hetero) is 1. The van der Waals surface area contributed by atoms with Crippen LogP contribution in [0.25, 0.3) is 0 Å². The third kappa shape index (κ3) is 5.49. The molecule has 0 heterocycles. The Bertz CT molecular complexity index is 305. The summed E-state index contributed by atoms with van der Waals surface area (Å²) >= 11 is 0. The SMILES string of the molecule is CCOCC(=O)C(NC(=O)OC(C)(C)C)C1CC1. The maximum Gasteiger partial charge on any atom is 0.408 e. The molecule has 1 amide bonds. The van der Waals surface area contributed by atoms with E-state index in [2.05, 4.69) is 5.32 Å². The van der Waals surface area contributed by atoms with Crippen LogP contribution in [0, 0.1) is 5.92 Å². The molecule has 0 saturated heterocycles. The molecule has 0 aromatic rings. The van der Waals surface area contributed by atoms with Gasteiger partial charge in [-0.25, -0.2) is 4.79 Å². The second-order valence-corrected chi connectivity index (χ2v) is 5.56. The van der Waals surface area contributed by atoms with E-state index < -0.39 is 17.7 Å². The van der Waals surface area contributed by atoms with Crippen molar-refractivity contribution < 1.29 is 19.1 Å². The standard InChI is InChI=1S/C13H23NO4/c1-5-17-8-10(15)11(9-6-7-9)14-12(16)18-13(2,3)4/h9,11H,5-8H2,1-4H3,(H,14,16). The summed E-state index contributed by atoms with van der Waals surface area (Å²) in [5, 5.41) is 2.65. The number of rotatable bonds is 6. The summed E-state index contributed by atoms with van der Waals surface area (Å²) in [6.07, 6.45) is 1.40. The molecule has 1 N–H and O–H groups in total. The molecule has 0 bridgehead atoms. The van der Waals surface area contributed by atoms with Crippen molar-refractivity contribution >= 4 is 11.9 Å². The number of ketones is 1. The molecule has 0 aromatic heterocycles. The van der Waals surface area contributed by atoms with Crippen LogP contribution < -0.4 is 5.32 Å². The van der Waals surface area contributed by atoms with Crippen molar-refractivity contribution in [1.29, 1.82) is 0 Å². The molecule has 0 aromatic carbocycles. The van der Waals surface area contributed by atoms with Crippen LogP contribution in [-0.4, -0.2) is 36.7 Å². The quantitative estimate of drug-likeness (QED) is 0.789. The summed E-state index contributed by atoms with van der Waals surface area (Å²) < 4.78 is 10.3. The molecule has 0 aliphatic heterocycles. The Hall–Kier alpha value is -1.10. The number of carbonyl (C=O) groups excluding carboxylic acids is 2. The predicted molar refractivity (Wildman–Crippen MR) is 67.4 cm³/mol. The summed E-state index contributed by atoms with van der Waals surface area (Å²) in [6.45, 7) is 7.76. The van der Waals surface area contributed by atoms with E-state index in [0.29, 0.717) is 6.61 Å². The molecular formula is C13H23NO4. The lowest BCUT2D eigenvalue weighted by Crippen LogP contribution is -2.46. The molecule has 1 aliphatic carbocycles. The first-order valence-electron chi connectivity index (χ1n) is 6.43. The fourth-order valence-electron chi connectivity index (χ4n) is 1.62. The summed E-state index contributed by atoms with van der Waals surface area (Å²) in [6, 6.07) is -0.466. The van der Waals surface area contributed by atoms with Crippen LogP contribution in [0.5, 0.6) is 0 Å². The van der Waals surface area contributed by atoms with Gasteiger partial charge in [0.05, 0.1) is 6.04 Å². The van der Waals surface area contributed by atoms with E-state index in [-0.39, 0.29) is 18.3 Å². The molecule has 1 saturated carbocycles. The number of alkyl carbamates (subject to hydrolysis) is 1. The molecule has 18 heavy (non-hydrogen) atoms. The number of ether oxygens (including phenoxy) is 2. The monoisotopic (exact) mass is 257 g/mol. The lowest BCUT2D eigenvalue weighted by atomic mass is 10.1. The molecule has 1 aliphatic rings. The Kier molecular flexibility index (Phi) is 5.14. The highest BCUT2D eigenvalue weighted by Crippen LogP contribution is 2.33. The van der Waals surface area contributed by atoms with Gasteiger partial charge in [-0.3, -0.25) is 4.79 Å².